The van der Waals surface area contributed by atoms with E-state index in [9.17, 15) is 9.18 Å². The molecule has 13 heteroatoms. The highest BCUT2D eigenvalue weighted by atomic mass is 35.5. The van der Waals surface area contributed by atoms with E-state index in [1.807, 2.05) is 11.8 Å². The van der Waals surface area contributed by atoms with Gasteiger partial charge in [0.05, 0.1) is 23.6 Å². The molecule has 10 nitrogen and oxygen atoms in total. The Bertz CT molecular complexity index is 1870. The Hall–Kier alpha value is -4.34. The van der Waals surface area contributed by atoms with Crippen LogP contribution in [-0.2, 0) is 9.47 Å². The Labute approximate surface area is 270 Å². The summed E-state index contributed by atoms with van der Waals surface area (Å²) in [5, 5.41) is 1.14. The van der Waals surface area contributed by atoms with Crippen LogP contribution in [0.4, 0.5) is 19.4 Å². The smallest absolute Gasteiger partial charge is 0.410 e. The van der Waals surface area contributed by atoms with Gasteiger partial charge in [-0.2, -0.15) is 9.97 Å². The van der Waals surface area contributed by atoms with Gasteiger partial charge in [-0.05, 0) is 32.2 Å². The third-order valence-corrected chi connectivity index (χ3v) is 8.37. The second kappa shape index (κ2) is 12.1. The Morgan fingerprint density at radius 1 is 1.20 bits per heavy atom. The summed E-state index contributed by atoms with van der Waals surface area (Å²) in [5.41, 5.74) is -0.716. The van der Waals surface area contributed by atoms with Gasteiger partial charge in [-0.25, -0.2) is 20.1 Å². The molecule has 4 heterocycles. The number of anilines is 1. The molecule has 0 spiro atoms. The number of rotatable bonds is 6. The number of nitrogens with zero attached hydrogens (tertiary/aromatic N) is 6. The molecule has 2 aromatic carbocycles. The second-order valence-electron chi connectivity index (χ2n) is 13.0. The van der Waals surface area contributed by atoms with E-state index >= 15 is 4.39 Å². The molecular weight excluding hydrogens is 618 g/mol. The average Bonchev–Trinajstić information content (AvgIpc) is 3.00. The van der Waals surface area contributed by atoms with Crippen LogP contribution in [0.25, 0.3) is 37.8 Å². The zero-order valence-electron chi connectivity index (χ0n) is 25.9. The molecule has 0 radical (unpaired) electrons. The molecule has 2 aliphatic heterocycles. The van der Waals surface area contributed by atoms with Gasteiger partial charge in [0.2, 0.25) is 6.54 Å². The Kier molecular flexibility index (Phi) is 8.33. The lowest BCUT2D eigenvalue weighted by molar-refractivity contribution is -0.121. The van der Waals surface area contributed by atoms with Gasteiger partial charge in [-0.1, -0.05) is 42.8 Å². The lowest BCUT2D eigenvalue weighted by Crippen LogP contribution is -2.57. The van der Waals surface area contributed by atoms with Crippen LogP contribution in [0.1, 0.15) is 27.7 Å². The molecule has 2 fully saturated rings. The van der Waals surface area contributed by atoms with Crippen LogP contribution >= 0.6 is 11.6 Å². The molecular formula is C33H33ClF2N6O4. The fraction of sp³-hybridized carbons (Fsp3) is 0.424. The Balaban J connectivity index is 1.44. The maximum absolute atomic E-state index is 16.6. The first-order valence-electron chi connectivity index (χ1n) is 14.9. The van der Waals surface area contributed by atoms with Crippen molar-refractivity contribution in [1.82, 2.24) is 19.9 Å². The monoisotopic (exact) mass is 650 g/mol. The van der Waals surface area contributed by atoms with Gasteiger partial charge < -0.3 is 24.0 Å². The molecule has 240 valence electrons. The van der Waals surface area contributed by atoms with Crippen molar-refractivity contribution in [1.29, 1.82) is 0 Å². The molecule has 4 aromatic rings. The van der Waals surface area contributed by atoms with Crippen molar-refractivity contribution in [3.05, 3.63) is 64.6 Å². The number of ether oxygens (including phenoxy) is 3. The molecule has 0 saturated carbocycles. The van der Waals surface area contributed by atoms with Crippen molar-refractivity contribution in [2.24, 2.45) is 5.41 Å². The number of carbonyl (C=O) groups is 1. The van der Waals surface area contributed by atoms with Crippen molar-refractivity contribution >= 4 is 45.2 Å². The number of amides is 1. The van der Waals surface area contributed by atoms with Crippen LogP contribution in [0.3, 0.4) is 0 Å². The predicted octanol–water partition coefficient (Wildman–Crippen LogP) is 6.54. The Morgan fingerprint density at radius 3 is 2.67 bits per heavy atom. The summed E-state index contributed by atoms with van der Waals surface area (Å²) in [6.07, 6.45) is 0.972. The van der Waals surface area contributed by atoms with Crippen molar-refractivity contribution in [3.63, 3.8) is 0 Å². The number of hydrogen-bond acceptors (Lipinski definition) is 8. The van der Waals surface area contributed by atoms with E-state index in [4.69, 9.17) is 37.4 Å². The first-order chi connectivity index (χ1) is 21.9. The van der Waals surface area contributed by atoms with Gasteiger partial charge in [0.15, 0.2) is 5.82 Å². The van der Waals surface area contributed by atoms with Gasteiger partial charge in [0, 0.05) is 42.2 Å². The fourth-order valence-corrected chi connectivity index (χ4v) is 5.94. The standard InChI is InChI=1S/C33H33ClF2N6O4/c1-32(2,3)46-31(43)42-12-11-41(15-20(42)13-37-5)29-22-14-38-27(21-8-6-7-19-9-10-23(35)25(34)24(19)21)26(36)28(22)39-30(40-29)45-18-33(4)16-44-17-33/h6-10,14,20H,11-13,15-18H2,1-4H3/t20-/m0/s1. The molecule has 1 amide bonds. The molecule has 0 unspecified atom stereocenters. The van der Waals surface area contributed by atoms with Crippen LogP contribution in [0.2, 0.25) is 5.02 Å². The summed E-state index contributed by atoms with van der Waals surface area (Å²) in [7, 11) is 0. The molecule has 2 aliphatic rings. The molecule has 1 atom stereocenters. The number of fused-ring (bicyclic) bond motifs is 2. The molecule has 0 N–H and O–H groups in total. The molecule has 6 rings (SSSR count). The van der Waals surface area contributed by atoms with Crippen LogP contribution in [0.5, 0.6) is 6.01 Å². The number of pyridine rings is 1. The minimum absolute atomic E-state index is 0.0371. The third-order valence-electron chi connectivity index (χ3n) is 8.00. The van der Waals surface area contributed by atoms with Crippen LogP contribution in [0.15, 0.2) is 36.5 Å². The van der Waals surface area contributed by atoms with Gasteiger partial charge in [-0.15, -0.1) is 0 Å². The maximum atomic E-state index is 16.6. The van der Waals surface area contributed by atoms with E-state index in [-0.39, 0.29) is 53.9 Å². The SMILES string of the molecule is [C-]#[N+]C[C@H]1CN(c2nc(OCC3(C)COC3)nc3c(F)c(-c4cccc5ccc(F)c(Cl)c45)ncc23)CCN1C(=O)OC(C)(C)C. The summed E-state index contributed by atoms with van der Waals surface area (Å²) < 4.78 is 48.1. The number of piperazine rings is 1. The van der Waals surface area contributed by atoms with E-state index in [1.54, 1.807) is 49.9 Å². The van der Waals surface area contributed by atoms with E-state index in [0.29, 0.717) is 47.3 Å². The normalized spacial score (nSPS) is 17.9. The quantitative estimate of drug-likeness (QED) is 0.217. The summed E-state index contributed by atoms with van der Waals surface area (Å²) >= 11 is 6.37. The van der Waals surface area contributed by atoms with Crippen LogP contribution < -0.4 is 9.64 Å². The number of hydrogen-bond donors (Lipinski definition) is 0. The molecule has 2 aromatic heterocycles. The summed E-state index contributed by atoms with van der Waals surface area (Å²) in [5.74, 6) is -1.02. The van der Waals surface area contributed by atoms with Gasteiger partial charge in [-0.3, -0.25) is 9.88 Å². The summed E-state index contributed by atoms with van der Waals surface area (Å²) in [6.45, 7) is 17.0. The number of aromatic nitrogens is 3. The Morgan fingerprint density at radius 2 is 1.98 bits per heavy atom. The maximum Gasteiger partial charge on any atom is 0.410 e. The van der Waals surface area contributed by atoms with Crippen molar-refractivity contribution in [2.75, 3.05) is 50.9 Å². The first-order valence-corrected chi connectivity index (χ1v) is 15.3. The molecule has 0 aliphatic carbocycles. The number of benzene rings is 2. The number of halogens is 3. The number of carbonyl (C=O) groups excluding carboxylic acids is 1. The largest absolute Gasteiger partial charge is 0.463 e. The van der Waals surface area contributed by atoms with Crippen molar-refractivity contribution in [3.8, 4) is 17.3 Å². The topological polar surface area (TPSA) is 94.3 Å². The molecule has 46 heavy (non-hydrogen) atoms. The second-order valence-corrected chi connectivity index (χ2v) is 13.4. The highest BCUT2D eigenvalue weighted by Gasteiger charge is 2.38. The van der Waals surface area contributed by atoms with Gasteiger partial charge in [0.1, 0.15) is 41.1 Å². The van der Waals surface area contributed by atoms with Crippen molar-refractivity contribution in [2.45, 2.75) is 39.3 Å². The van der Waals surface area contributed by atoms with Crippen molar-refractivity contribution < 1.29 is 27.8 Å². The average molecular weight is 651 g/mol. The lowest BCUT2D eigenvalue weighted by atomic mass is 9.90. The van der Waals surface area contributed by atoms with E-state index in [2.05, 4.69) is 14.8 Å². The fourth-order valence-electron chi connectivity index (χ4n) is 5.66. The zero-order valence-corrected chi connectivity index (χ0v) is 26.7. The van der Waals surface area contributed by atoms with Gasteiger partial charge in [0.25, 0.3) is 0 Å². The van der Waals surface area contributed by atoms with Crippen LogP contribution in [-0.4, -0.2) is 83.6 Å². The first kappa shape index (κ1) is 31.6. The molecule has 0 bridgehead atoms. The van der Waals surface area contributed by atoms with Gasteiger partial charge >= 0.3 is 12.1 Å². The highest BCUT2D eigenvalue weighted by molar-refractivity contribution is 6.36. The minimum Gasteiger partial charge on any atom is -0.463 e. The lowest BCUT2D eigenvalue weighted by Gasteiger charge is -2.40. The summed E-state index contributed by atoms with van der Waals surface area (Å²) in [6, 6.07) is 7.41. The van der Waals surface area contributed by atoms with Crippen LogP contribution in [0, 0.1) is 23.6 Å². The minimum atomic E-state index is -0.748. The third kappa shape index (κ3) is 6.09. The van der Waals surface area contributed by atoms with E-state index in [1.165, 1.54) is 12.3 Å². The summed E-state index contributed by atoms with van der Waals surface area (Å²) in [4.78, 5) is 33.7. The van der Waals surface area contributed by atoms with E-state index < -0.39 is 29.4 Å². The molecule has 2 saturated heterocycles. The highest BCUT2D eigenvalue weighted by Crippen LogP contribution is 2.39. The predicted molar refractivity (Wildman–Crippen MR) is 170 cm³/mol. The zero-order chi connectivity index (χ0) is 32.8. The van der Waals surface area contributed by atoms with E-state index in [0.717, 1.165) is 0 Å².